The molecule has 0 N–H and O–H groups in total. The summed E-state index contributed by atoms with van der Waals surface area (Å²) in [4.78, 5) is 20.0. The van der Waals surface area contributed by atoms with E-state index in [1.807, 2.05) is 0 Å². The van der Waals surface area contributed by atoms with Gasteiger partial charge in [-0.15, -0.1) is 0 Å². The lowest BCUT2D eigenvalue weighted by atomic mass is 10.1. The molecule has 0 aliphatic carbocycles. The van der Waals surface area contributed by atoms with Crippen LogP contribution in [-0.2, 0) is 0 Å². The average molecular weight is 280 g/mol. The van der Waals surface area contributed by atoms with Crippen molar-refractivity contribution in [1.29, 1.82) is 0 Å². The Labute approximate surface area is 113 Å². The van der Waals surface area contributed by atoms with Gasteiger partial charge in [-0.1, -0.05) is 12.1 Å². The van der Waals surface area contributed by atoms with E-state index in [2.05, 4.69) is 14.7 Å². The maximum atomic E-state index is 12.3. The van der Waals surface area contributed by atoms with Gasteiger partial charge in [-0.05, 0) is 12.1 Å². The Hall–Kier alpha value is -2.57. The highest BCUT2D eigenvalue weighted by Gasteiger charge is 2.21. The number of methoxy groups -OCH3 is 1. The van der Waals surface area contributed by atoms with Gasteiger partial charge in [-0.3, -0.25) is 4.79 Å². The van der Waals surface area contributed by atoms with E-state index in [4.69, 9.17) is 4.74 Å². The summed E-state index contributed by atoms with van der Waals surface area (Å²) in [5, 5.41) is 0. The first-order valence-electron chi connectivity index (χ1n) is 5.57. The molecule has 0 bridgehead atoms. The summed E-state index contributed by atoms with van der Waals surface area (Å²) >= 11 is 0. The molecule has 0 unspecified atom stereocenters. The Kier molecular flexibility index (Phi) is 4.19. The third-order valence-corrected chi connectivity index (χ3v) is 2.42. The number of carbonyl (C=O) groups is 1. The maximum Gasteiger partial charge on any atom is 0.387 e. The molecule has 0 fully saturated rings. The van der Waals surface area contributed by atoms with E-state index in [9.17, 15) is 13.6 Å². The predicted octanol–water partition coefficient (Wildman–Crippen LogP) is 2.32. The van der Waals surface area contributed by atoms with Crippen LogP contribution in [0.3, 0.4) is 0 Å². The van der Waals surface area contributed by atoms with Crippen molar-refractivity contribution < 1.29 is 23.0 Å². The first-order chi connectivity index (χ1) is 9.63. The maximum absolute atomic E-state index is 12.3. The first kappa shape index (κ1) is 13.9. The topological polar surface area (TPSA) is 61.3 Å². The van der Waals surface area contributed by atoms with Gasteiger partial charge in [0.1, 0.15) is 5.75 Å². The van der Waals surface area contributed by atoms with Gasteiger partial charge >= 0.3 is 6.61 Å². The zero-order valence-corrected chi connectivity index (χ0v) is 10.4. The lowest BCUT2D eigenvalue weighted by molar-refractivity contribution is -0.0501. The number of carbonyl (C=O) groups excluding carboxylic acids is 1. The van der Waals surface area contributed by atoms with Gasteiger partial charge in [-0.2, -0.15) is 8.78 Å². The molecule has 20 heavy (non-hydrogen) atoms. The molecule has 0 atom stereocenters. The highest BCUT2D eigenvalue weighted by molar-refractivity contribution is 6.10. The fourth-order valence-electron chi connectivity index (χ4n) is 1.61. The number of ether oxygens (including phenoxy) is 2. The van der Waals surface area contributed by atoms with Gasteiger partial charge in [0.25, 0.3) is 0 Å². The molecule has 0 amide bonds. The number of ketones is 1. The summed E-state index contributed by atoms with van der Waals surface area (Å²) in [5.74, 6) is -0.809. The number of hydrogen-bond acceptors (Lipinski definition) is 5. The highest BCUT2D eigenvalue weighted by Crippen LogP contribution is 2.25. The van der Waals surface area contributed by atoms with Crippen LogP contribution in [0.25, 0.3) is 0 Å². The van der Waals surface area contributed by atoms with E-state index >= 15 is 0 Å². The number of halogens is 2. The number of rotatable bonds is 5. The second-order valence-electron chi connectivity index (χ2n) is 3.62. The average Bonchev–Trinajstić information content (AvgIpc) is 2.46. The van der Waals surface area contributed by atoms with E-state index in [0.717, 1.165) is 0 Å². The van der Waals surface area contributed by atoms with Gasteiger partial charge in [0.05, 0.1) is 12.7 Å². The number of para-hydroxylation sites is 1. The molecule has 2 aromatic rings. The molecule has 1 aromatic carbocycles. The summed E-state index contributed by atoms with van der Waals surface area (Å²) in [6.07, 6.45) is 2.67. The second kappa shape index (κ2) is 6.05. The van der Waals surface area contributed by atoms with E-state index in [-0.39, 0.29) is 22.9 Å². The van der Waals surface area contributed by atoms with Crippen molar-refractivity contribution in [1.82, 2.24) is 9.97 Å². The Balaban J connectivity index is 2.43. The monoisotopic (exact) mass is 280 g/mol. The molecule has 0 saturated heterocycles. The lowest BCUT2D eigenvalue weighted by Gasteiger charge is -2.10. The summed E-state index contributed by atoms with van der Waals surface area (Å²) in [6, 6.07) is 5.67. The van der Waals surface area contributed by atoms with Crippen LogP contribution in [0.4, 0.5) is 8.78 Å². The van der Waals surface area contributed by atoms with E-state index < -0.39 is 12.4 Å². The summed E-state index contributed by atoms with van der Waals surface area (Å²) < 4.78 is 33.9. The van der Waals surface area contributed by atoms with Gasteiger partial charge in [0.2, 0.25) is 11.7 Å². The standard InChI is InChI=1S/C13H10F2N2O3/c1-19-12-10(16-6-7-17-12)11(18)8-4-2-3-5-9(8)20-13(14)15/h2-7,13H,1H3. The van der Waals surface area contributed by atoms with Crippen LogP contribution in [-0.4, -0.2) is 29.5 Å². The zero-order valence-electron chi connectivity index (χ0n) is 10.4. The van der Waals surface area contributed by atoms with Crippen molar-refractivity contribution in [2.75, 3.05) is 7.11 Å². The van der Waals surface area contributed by atoms with Crippen LogP contribution in [0, 0.1) is 0 Å². The predicted molar refractivity (Wildman–Crippen MR) is 65.1 cm³/mol. The number of nitrogens with zero attached hydrogens (tertiary/aromatic N) is 2. The van der Waals surface area contributed by atoms with Gasteiger partial charge in [0.15, 0.2) is 5.69 Å². The van der Waals surface area contributed by atoms with E-state index in [1.165, 1.54) is 43.8 Å². The van der Waals surface area contributed by atoms with Crippen molar-refractivity contribution in [3.8, 4) is 11.6 Å². The fourth-order valence-corrected chi connectivity index (χ4v) is 1.61. The number of aromatic nitrogens is 2. The quantitative estimate of drug-likeness (QED) is 0.786. The third-order valence-electron chi connectivity index (χ3n) is 2.42. The smallest absolute Gasteiger partial charge is 0.387 e. The first-order valence-corrected chi connectivity index (χ1v) is 5.57. The molecule has 104 valence electrons. The zero-order chi connectivity index (χ0) is 14.5. The SMILES string of the molecule is COc1nccnc1C(=O)c1ccccc1OC(F)F. The van der Waals surface area contributed by atoms with Crippen molar-refractivity contribution in [3.63, 3.8) is 0 Å². The second-order valence-corrected chi connectivity index (χ2v) is 3.62. The molecule has 0 aliphatic rings. The van der Waals surface area contributed by atoms with Crippen molar-refractivity contribution in [2.24, 2.45) is 0 Å². The molecule has 0 saturated carbocycles. The highest BCUT2D eigenvalue weighted by atomic mass is 19.3. The van der Waals surface area contributed by atoms with Crippen molar-refractivity contribution in [2.45, 2.75) is 6.61 Å². The third kappa shape index (κ3) is 2.87. The summed E-state index contributed by atoms with van der Waals surface area (Å²) in [5.41, 5.74) is -0.105. The van der Waals surface area contributed by atoms with Gasteiger partial charge < -0.3 is 9.47 Å². The lowest BCUT2D eigenvalue weighted by Crippen LogP contribution is -2.11. The van der Waals surface area contributed by atoms with Crippen LogP contribution in [0.2, 0.25) is 0 Å². The van der Waals surface area contributed by atoms with Crippen LogP contribution in [0.1, 0.15) is 16.1 Å². The number of alkyl halides is 2. The van der Waals surface area contributed by atoms with Gasteiger partial charge in [-0.25, -0.2) is 9.97 Å². The molecule has 5 nitrogen and oxygen atoms in total. The minimum absolute atomic E-state index is 0.0179. The molecule has 1 heterocycles. The largest absolute Gasteiger partial charge is 0.479 e. The molecule has 0 spiro atoms. The minimum Gasteiger partial charge on any atom is -0.479 e. The van der Waals surface area contributed by atoms with Crippen LogP contribution in [0.5, 0.6) is 11.6 Å². The van der Waals surface area contributed by atoms with Crippen molar-refractivity contribution >= 4 is 5.78 Å². The fraction of sp³-hybridized carbons (Fsp3) is 0.154. The molecule has 0 aliphatic heterocycles. The number of hydrogen-bond donors (Lipinski definition) is 0. The van der Waals surface area contributed by atoms with Crippen molar-refractivity contribution in [3.05, 3.63) is 47.9 Å². The Bertz CT molecular complexity index is 620. The molecular formula is C13H10F2N2O3. The Morgan fingerprint density at radius 2 is 1.90 bits per heavy atom. The summed E-state index contributed by atoms with van der Waals surface area (Å²) in [6.45, 7) is -3.02. The molecule has 1 aromatic heterocycles. The van der Waals surface area contributed by atoms with Gasteiger partial charge in [0, 0.05) is 12.4 Å². The van der Waals surface area contributed by atoms with Crippen LogP contribution in [0.15, 0.2) is 36.7 Å². The van der Waals surface area contributed by atoms with Crippen LogP contribution >= 0.6 is 0 Å². The number of benzene rings is 1. The van der Waals surface area contributed by atoms with Crippen LogP contribution < -0.4 is 9.47 Å². The van der Waals surface area contributed by atoms with E-state index in [1.54, 1.807) is 0 Å². The molecule has 7 heteroatoms. The Morgan fingerprint density at radius 3 is 2.60 bits per heavy atom. The summed E-state index contributed by atoms with van der Waals surface area (Å²) in [7, 11) is 1.34. The molecule has 0 radical (unpaired) electrons. The normalized spacial score (nSPS) is 10.4. The molecular weight excluding hydrogens is 270 g/mol. The Morgan fingerprint density at radius 1 is 1.20 bits per heavy atom. The van der Waals surface area contributed by atoms with E-state index in [0.29, 0.717) is 0 Å². The minimum atomic E-state index is -3.02. The molecule has 2 rings (SSSR count).